The molecule has 2 atom stereocenters. The standard InChI is InChI=1S/C17H11Cl2F3N2O3/c1-8-2-3-9(6-13(8)24(25)26)15-14(16(27-23-15)17(20,21)22)10-4-11(18)7-12(19)5-10/h2-7,14,16H,1H3. The van der Waals surface area contributed by atoms with Crippen LogP contribution in [0, 0.1) is 17.0 Å². The zero-order valence-corrected chi connectivity index (χ0v) is 15.1. The third kappa shape index (κ3) is 3.86. The maximum atomic E-state index is 13.5. The Bertz CT molecular complexity index is 927. The Morgan fingerprint density at radius 2 is 1.78 bits per heavy atom. The first-order valence-electron chi connectivity index (χ1n) is 7.59. The van der Waals surface area contributed by atoms with Gasteiger partial charge in [0, 0.05) is 27.2 Å². The first-order valence-corrected chi connectivity index (χ1v) is 8.35. The summed E-state index contributed by atoms with van der Waals surface area (Å²) >= 11 is 11.9. The lowest BCUT2D eigenvalue weighted by molar-refractivity contribution is -0.385. The Morgan fingerprint density at radius 1 is 1.15 bits per heavy atom. The van der Waals surface area contributed by atoms with E-state index in [9.17, 15) is 23.3 Å². The lowest BCUT2D eigenvalue weighted by atomic mass is 9.85. The van der Waals surface area contributed by atoms with Crippen molar-refractivity contribution < 1.29 is 22.9 Å². The highest BCUT2D eigenvalue weighted by atomic mass is 35.5. The van der Waals surface area contributed by atoms with Crippen LogP contribution in [-0.4, -0.2) is 22.9 Å². The predicted octanol–water partition coefficient (Wildman–Crippen LogP) is 5.66. The van der Waals surface area contributed by atoms with Crippen molar-refractivity contribution in [3.63, 3.8) is 0 Å². The minimum atomic E-state index is -4.72. The number of halogens is 5. The number of benzene rings is 2. The van der Waals surface area contributed by atoms with Crippen molar-refractivity contribution in [2.45, 2.75) is 25.1 Å². The summed E-state index contributed by atoms with van der Waals surface area (Å²) < 4.78 is 40.5. The summed E-state index contributed by atoms with van der Waals surface area (Å²) in [4.78, 5) is 15.2. The fraction of sp³-hybridized carbons (Fsp3) is 0.235. The summed E-state index contributed by atoms with van der Waals surface area (Å²) in [7, 11) is 0. The SMILES string of the molecule is Cc1ccc(C2=NOC(C(F)(F)F)C2c2cc(Cl)cc(Cl)c2)cc1[N+](=O)[O-]. The molecule has 142 valence electrons. The third-order valence-corrected chi connectivity index (χ3v) is 4.57. The zero-order valence-electron chi connectivity index (χ0n) is 13.6. The van der Waals surface area contributed by atoms with Gasteiger partial charge in [0.15, 0.2) is 0 Å². The second-order valence-corrected chi connectivity index (χ2v) is 6.86. The molecule has 10 heteroatoms. The molecule has 0 N–H and O–H groups in total. The Balaban J connectivity index is 2.14. The summed E-state index contributed by atoms with van der Waals surface area (Å²) in [6.45, 7) is 1.53. The van der Waals surface area contributed by atoms with Gasteiger partial charge in [-0.15, -0.1) is 0 Å². The zero-order chi connectivity index (χ0) is 19.9. The monoisotopic (exact) mass is 418 g/mol. The van der Waals surface area contributed by atoms with Gasteiger partial charge in [0.2, 0.25) is 6.10 Å². The van der Waals surface area contributed by atoms with Crippen LogP contribution in [-0.2, 0) is 4.84 Å². The van der Waals surface area contributed by atoms with E-state index in [1.807, 2.05) is 0 Å². The molecule has 3 rings (SSSR count). The van der Waals surface area contributed by atoms with Crippen LogP contribution in [0.3, 0.4) is 0 Å². The molecule has 0 bridgehead atoms. The number of rotatable bonds is 3. The van der Waals surface area contributed by atoms with Gasteiger partial charge in [-0.1, -0.05) is 40.5 Å². The fourth-order valence-corrected chi connectivity index (χ4v) is 3.45. The van der Waals surface area contributed by atoms with Crippen LogP contribution in [0.25, 0.3) is 0 Å². The summed E-state index contributed by atoms with van der Waals surface area (Å²) in [5.41, 5.74) is 0.361. The van der Waals surface area contributed by atoms with Gasteiger partial charge in [-0.25, -0.2) is 0 Å². The molecule has 1 heterocycles. The van der Waals surface area contributed by atoms with Gasteiger partial charge in [-0.2, -0.15) is 13.2 Å². The van der Waals surface area contributed by atoms with Crippen molar-refractivity contribution in [2.24, 2.45) is 5.16 Å². The van der Waals surface area contributed by atoms with Crippen LogP contribution in [0.4, 0.5) is 18.9 Å². The number of nitro benzene ring substituents is 1. The first-order chi connectivity index (χ1) is 12.6. The van der Waals surface area contributed by atoms with E-state index < -0.39 is 23.1 Å². The minimum absolute atomic E-state index is 0.0845. The molecule has 0 saturated heterocycles. The van der Waals surface area contributed by atoms with E-state index in [0.717, 1.165) is 0 Å². The molecule has 27 heavy (non-hydrogen) atoms. The van der Waals surface area contributed by atoms with E-state index in [4.69, 9.17) is 23.2 Å². The maximum absolute atomic E-state index is 13.5. The van der Waals surface area contributed by atoms with Gasteiger partial charge in [-0.3, -0.25) is 10.1 Å². The second kappa shape index (κ2) is 7.01. The highest BCUT2D eigenvalue weighted by Gasteiger charge is 2.53. The molecule has 0 saturated carbocycles. The van der Waals surface area contributed by atoms with Gasteiger partial charge >= 0.3 is 6.18 Å². The molecular formula is C17H11Cl2F3N2O3. The Hall–Kier alpha value is -2.32. The van der Waals surface area contributed by atoms with E-state index in [-0.39, 0.29) is 32.6 Å². The molecule has 1 aliphatic rings. The van der Waals surface area contributed by atoms with E-state index in [1.165, 1.54) is 43.3 Å². The Kier molecular flexibility index (Phi) is 5.05. The van der Waals surface area contributed by atoms with Crippen molar-refractivity contribution in [1.82, 2.24) is 0 Å². The summed E-state index contributed by atoms with van der Waals surface area (Å²) in [6.07, 6.45) is -6.98. The van der Waals surface area contributed by atoms with Crippen LogP contribution in [0.2, 0.25) is 10.0 Å². The number of oxime groups is 1. The fourth-order valence-electron chi connectivity index (χ4n) is 2.91. The van der Waals surface area contributed by atoms with Gasteiger partial charge in [0.05, 0.1) is 16.6 Å². The van der Waals surface area contributed by atoms with Gasteiger partial charge in [0.25, 0.3) is 5.69 Å². The molecule has 0 fully saturated rings. The molecule has 2 aromatic rings. The van der Waals surface area contributed by atoms with Crippen LogP contribution in [0.15, 0.2) is 41.6 Å². The summed E-state index contributed by atoms with van der Waals surface area (Å²) in [5, 5.41) is 15.1. The molecule has 0 amide bonds. The summed E-state index contributed by atoms with van der Waals surface area (Å²) in [5.74, 6) is -1.37. The van der Waals surface area contributed by atoms with E-state index >= 15 is 0 Å². The molecule has 1 aliphatic heterocycles. The molecule has 0 radical (unpaired) electrons. The molecule has 2 unspecified atom stereocenters. The topological polar surface area (TPSA) is 64.7 Å². The number of nitro groups is 1. The van der Waals surface area contributed by atoms with Gasteiger partial charge in [0.1, 0.15) is 0 Å². The second-order valence-electron chi connectivity index (χ2n) is 5.98. The summed E-state index contributed by atoms with van der Waals surface area (Å²) in [6, 6.07) is 8.14. The number of hydrogen-bond donors (Lipinski definition) is 0. The number of nitrogens with zero attached hydrogens (tertiary/aromatic N) is 2. The number of aryl methyl sites for hydroxylation is 1. The van der Waals surface area contributed by atoms with Crippen LogP contribution in [0.1, 0.15) is 22.6 Å². The van der Waals surface area contributed by atoms with Gasteiger partial charge in [-0.05, 0) is 30.7 Å². The van der Waals surface area contributed by atoms with Crippen molar-refractivity contribution in [2.75, 3.05) is 0 Å². The molecule has 2 aromatic carbocycles. The van der Waals surface area contributed by atoms with Gasteiger partial charge < -0.3 is 4.84 Å². The first kappa shape index (κ1) is 19.4. The van der Waals surface area contributed by atoms with Crippen molar-refractivity contribution in [1.29, 1.82) is 0 Å². The largest absolute Gasteiger partial charge is 0.429 e. The molecule has 0 spiro atoms. The third-order valence-electron chi connectivity index (χ3n) is 4.13. The molecule has 5 nitrogen and oxygen atoms in total. The molecule has 0 aliphatic carbocycles. The molecular weight excluding hydrogens is 408 g/mol. The Morgan fingerprint density at radius 3 is 2.33 bits per heavy atom. The lowest BCUT2D eigenvalue weighted by Gasteiger charge is -2.22. The quantitative estimate of drug-likeness (QED) is 0.477. The normalized spacial score (nSPS) is 19.6. The molecule has 0 aromatic heterocycles. The smallest absolute Gasteiger partial charge is 0.381 e. The van der Waals surface area contributed by atoms with E-state index in [0.29, 0.717) is 5.56 Å². The van der Waals surface area contributed by atoms with Crippen molar-refractivity contribution in [3.8, 4) is 0 Å². The highest BCUT2D eigenvalue weighted by molar-refractivity contribution is 6.34. The van der Waals surface area contributed by atoms with Crippen LogP contribution < -0.4 is 0 Å². The predicted molar refractivity (Wildman–Crippen MR) is 94.5 cm³/mol. The van der Waals surface area contributed by atoms with Crippen molar-refractivity contribution in [3.05, 3.63) is 73.2 Å². The number of hydrogen-bond acceptors (Lipinski definition) is 4. The average Bonchev–Trinajstić information content (AvgIpc) is 2.99. The highest BCUT2D eigenvalue weighted by Crippen LogP contribution is 2.42. The lowest BCUT2D eigenvalue weighted by Crippen LogP contribution is -2.35. The van der Waals surface area contributed by atoms with E-state index in [1.54, 1.807) is 0 Å². The van der Waals surface area contributed by atoms with Crippen LogP contribution >= 0.6 is 23.2 Å². The Labute approximate surface area is 161 Å². The average molecular weight is 419 g/mol. The number of alkyl halides is 3. The van der Waals surface area contributed by atoms with Crippen molar-refractivity contribution >= 4 is 34.6 Å². The minimum Gasteiger partial charge on any atom is -0.381 e. The maximum Gasteiger partial charge on any atom is 0.429 e. The van der Waals surface area contributed by atoms with E-state index in [2.05, 4.69) is 9.99 Å². The van der Waals surface area contributed by atoms with Crippen LogP contribution in [0.5, 0.6) is 0 Å².